The molecule has 0 bridgehead atoms. The number of H-pyrrole nitrogens is 1. The molecule has 4 rings (SSSR count). The summed E-state index contributed by atoms with van der Waals surface area (Å²) in [7, 11) is 4.95. The summed E-state index contributed by atoms with van der Waals surface area (Å²) in [5.41, 5.74) is 2.48. The molecule has 3 heterocycles. The summed E-state index contributed by atoms with van der Waals surface area (Å²) >= 11 is 0. The number of halogens is 1. The second-order valence-corrected chi connectivity index (χ2v) is 7.05. The Morgan fingerprint density at radius 2 is 2.09 bits per heavy atom. The van der Waals surface area contributed by atoms with Gasteiger partial charge in [-0.25, -0.2) is 9.37 Å². The predicted molar refractivity (Wildman–Crippen MR) is 117 cm³/mol. The highest BCUT2D eigenvalue weighted by Gasteiger charge is 2.22. The third-order valence-electron chi connectivity index (χ3n) is 4.73. The topological polar surface area (TPSA) is 121 Å². The van der Waals surface area contributed by atoms with Crippen molar-refractivity contribution in [3.05, 3.63) is 53.7 Å². The van der Waals surface area contributed by atoms with Gasteiger partial charge in [-0.2, -0.15) is 20.4 Å². The maximum Gasteiger partial charge on any atom is 0.232 e. The summed E-state index contributed by atoms with van der Waals surface area (Å²) in [6.07, 6.45) is 3.44. The fourth-order valence-corrected chi connectivity index (χ4v) is 3.17. The fourth-order valence-electron chi connectivity index (χ4n) is 3.17. The van der Waals surface area contributed by atoms with Gasteiger partial charge < -0.3 is 15.0 Å². The molecule has 0 aliphatic rings. The number of rotatable bonds is 6. The van der Waals surface area contributed by atoms with Crippen LogP contribution >= 0.6 is 0 Å². The Morgan fingerprint density at radius 1 is 1.28 bits per heavy atom. The van der Waals surface area contributed by atoms with Crippen molar-refractivity contribution < 1.29 is 9.13 Å². The van der Waals surface area contributed by atoms with Gasteiger partial charge >= 0.3 is 0 Å². The van der Waals surface area contributed by atoms with E-state index in [0.717, 1.165) is 5.69 Å². The molecule has 0 amide bonds. The first kappa shape index (κ1) is 20.8. The first-order chi connectivity index (χ1) is 15.4. The van der Waals surface area contributed by atoms with Crippen LogP contribution in [0.3, 0.4) is 0 Å². The Bertz CT molecular complexity index is 1320. The van der Waals surface area contributed by atoms with E-state index in [1.807, 2.05) is 19.1 Å². The highest BCUT2D eigenvalue weighted by atomic mass is 19.1. The number of hydrogen-bond acceptors (Lipinski definition) is 8. The molecule has 0 fully saturated rings. The molecule has 0 unspecified atom stereocenters. The molecule has 3 aromatic heterocycles. The van der Waals surface area contributed by atoms with Gasteiger partial charge in [-0.1, -0.05) is 0 Å². The molecule has 0 aliphatic carbocycles. The third kappa shape index (κ3) is 3.93. The molecule has 2 N–H and O–H groups in total. The second kappa shape index (κ2) is 8.35. The first-order valence-corrected chi connectivity index (χ1v) is 9.57. The lowest BCUT2D eigenvalue weighted by Gasteiger charge is -2.21. The van der Waals surface area contributed by atoms with Crippen LogP contribution in [-0.2, 0) is 7.05 Å². The van der Waals surface area contributed by atoms with Crippen LogP contribution in [0.15, 0.2) is 36.7 Å². The summed E-state index contributed by atoms with van der Waals surface area (Å²) in [5.74, 6) is 0.920. The minimum absolute atomic E-state index is 0.211. The number of nitriles is 1. The van der Waals surface area contributed by atoms with Crippen LogP contribution in [0.25, 0.3) is 11.3 Å². The lowest BCUT2D eigenvalue weighted by molar-refractivity contribution is 0.415. The van der Waals surface area contributed by atoms with E-state index in [1.54, 1.807) is 31.2 Å². The van der Waals surface area contributed by atoms with E-state index in [2.05, 4.69) is 30.6 Å². The van der Waals surface area contributed by atoms with E-state index in [1.165, 1.54) is 30.2 Å². The van der Waals surface area contributed by atoms with Crippen molar-refractivity contribution in [1.29, 1.82) is 5.26 Å². The van der Waals surface area contributed by atoms with Crippen molar-refractivity contribution in [3.63, 3.8) is 0 Å². The molecule has 162 valence electrons. The number of methoxy groups -OCH3 is 1. The molecular weight excluding hydrogens is 413 g/mol. The summed E-state index contributed by atoms with van der Waals surface area (Å²) < 4.78 is 21.9. The molecule has 11 heteroatoms. The number of nitrogens with zero attached hydrogens (tertiary/aromatic N) is 7. The van der Waals surface area contributed by atoms with Crippen LogP contribution in [0.2, 0.25) is 0 Å². The molecule has 0 radical (unpaired) electrons. The third-order valence-corrected chi connectivity index (χ3v) is 4.73. The molecule has 0 saturated heterocycles. The van der Waals surface area contributed by atoms with Gasteiger partial charge in [0.05, 0.1) is 30.6 Å². The number of aryl methyl sites for hydroxylation is 2. The maximum absolute atomic E-state index is 14.7. The highest BCUT2D eigenvalue weighted by molar-refractivity contribution is 5.77. The van der Waals surface area contributed by atoms with Gasteiger partial charge in [-0.3, -0.25) is 9.78 Å². The van der Waals surface area contributed by atoms with Crippen molar-refractivity contribution in [1.82, 2.24) is 29.9 Å². The Balaban J connectivity index is 1.86. The van der Waals surface area contributed by atoms with Crippen molar-refractivity contribution in [2.75, 3.05) is 24.4 Å². The fraction of sp³-hybridized carbons (Fsp3) is 0.190. The lowest BCUT2D eigenvalue weighted by Crippen LogP contribution is -2.16. The molecule has 4 aromatic rings. The Labute approximate surface area is 183 Å². The second-order valence-electron chi connectivity index (χ2n) is 7.05. The van der Waals surface area contributed by atoms with E-state index in [-0.39, 0.29) is 17.2 Å². The van der Waals surface area contributed by atoms with E-state index >= 15 is 0 Å². The Morgan fingerprint density at radius 3 is 2.69 bits per heavy atom. The highest BCUT2D eigenvalue weighted by Crippen LogP contribution is 2.38. The number of ether oxygens (including phenoxy) is 1. The molecule has 32 heavy (non-hydrogen) atoms. The number of benzene rings is 1. The van der Waals surface area contributed by atoms with E-state index in [0.29, 0.717) is 28.6 Å². The zero-order valence-corrected chi connectivity index (χ0v) is 17.9. The van der Waals surface area contributed by atoms with Gasteiger partial charge in [0.15, 0.2) is 17.4 Å². The number of anilines is 4. The van der Waals surface area contributed by atoms with Crippen molar-refractivity contribution in [3.8, 4) is 23.1 Å². The number of aromatic amines is 1. The summed E-state index contributed by atoms with van der Waals surface area (Å²) in [6.45, 7) is 1.88. The molecule has 0 atom stereocenters. The van der Waals surface area contributed by atoms with Crippen LogP contribution in [0.1, 0.15) is 11.3 Å². The summed E-state index contributed by atoms with van der Waals surface area (Å²) in [5, 5.41) is 23.4. The molecule has 0 spiro atoms. The zero-order chi connectivity index (χ0) is 22.8. The summed E-state index contributed by atoms with van der Waals surface area (Å²) in [6, 6.07) is 7.95. The smallest absolute Gasteiger partial charge is 0.232 e. The van der Waals surface area contributed by atoms with Crippen LogP contribution < -0.4 is 15.0 Å². The Hall–Kier alpha value is -4.46. The predicted octanol–water partition coefficient (Wildman–Crippen LogP) is 3.44. The average Bonchev–Trinajstić information content (AvgIpc) is 3.40. The lowest BCUT2D eigenvalue weighted by atomic mass is 10.2. The van der Waals surface area contributed by atoms with Crippen LogP contribution in [-0.4, -0.2) is 44.1 Å². The van der Waals surface area contributed by atoms with Gasteiger partial charge in [-0.05, 0) is 25.1 Å². The SMILES string of the molecule is COc1c(Nc2cc(C)[nH]n2)nc(N(C)c2ccc(C#N)cc2F)nc1-c1cnn(C)c1. The van der Waals surface area contributed by atoms with E-state index < -0.39 is 5.82 Å². The maximum atomic E-state index is 14.7. The number of hydrogen-bond donors (Lipinski definition) is 2. The Kier molecular flexibility index (Phi) is 5.43. The largest absolute Gasteiger partial charge is 0.491 e. The zero-order valence-electron chi connectivity index (χ0n) is 17.9. The van der Waals surface area contributed by atoms with E-state index in [4.69, 9.17) is 10.00 Å². The molecule has 10 nitrogen and oxygen atoms in total. The molecule has 1 aromatic carbocycles. The van der Waals surface area contributed by atoms with Crippen LogP contribution in [0, 0.1) is 24.1 Å². The summed E-state index contributed by atoms with van der Waals surface area (Å²) in [4.78, 5) is 10.7. The van der Waals surface area contributed by atoms with Crippen molar-refractivity contribution >= 4 is 23.3 Å². The standard InChI is InChI=1S/C21H20FN9O/c1-12-7-17(29-28-12)25-20-19(32-4)18(14-10-24-30(2)11-14)26-21(27-20)31(3)16-6-5-13(9-23)8-15(16)22/h5-8,10-11H,1-4H3,(H2,25,26,27,28,29). The molecule has 0 saturated carbocycles. The number of aromatic nitrogens is 6. The van der Waals surface area contributed by atoms with Gasteiger partial charge in [0, 0.05) is 37.6 Å². The van der Waals surface area contributed by atoms with Gasteiger partial charge in [0.25, 0.3) is 0 Å². The van der Waals surface area contributed by atoms with Crippen molar-refractivity contribution in [2.45, 2.75) is 6.92 Å². The van der Waals surface area contributed by atoms with E-state index in [9.17, 15) is 4.39 Å². The van der Waals surface area contributed by atoms with Crippen LogP contribution in [0.4, 0.5) is 27.7 Å². The minimum atomic E-state index is -0.564. The molecule has 0 aliphatic heterocycles. The van der Waals surface area contributed by atoms with Crippen LogP contribution in [0.5, 0.6) is 5.75 Å². The normalized spacial score (nSPS) is 10.6. The van der Waals surface area contributed by atoms with Gasteiger partial charge in [0.2, 0.25) is 5.95 Å². The number of nitrogens with one attached hydrogen (secondary N) is 2. The minimum Gasteiger partial charge on any atom is -0.491 e. The first-order valence-electron chi connectivity index (χ1n) is 9.57. The van der Waals surface area contributed by atoms with Gasteiger partial charge in [0.1, 0.15) is 11.5 Å². The monoisotopic (exact) mass is 433 g/mol. The molecular formula is C21H20FN9O. The van der Waals surface area contributed by atoms with Gasteiger partial charge in [-0.15, -0.1) is 0 Å². The average molecular weight is 433 g/mol. The van der Waals surface area contributed by atoms with Crippen molar-refractivity contribution in [2.24, 2.45) is 7.05 Å². The quantitative estimate of drug-likeness (QED) is 0.474.